The van der Waals surface area contributed by atoms with Gasteiger partial charge < -0.3 is 56.8 Å². The summed E-state index contributed by atoms with van der Waals surface area (Å²) in [6.45, 7) is -2.80. The fourth-order valence-corrected chi connectivity index (χ4v) is 34.0. The number of ketones is 1. The number of rotatable bonds is 20. The van der Waals surface area contributed by atoms with E-state index in [1.807, 2.05) is 0 Å². The van der Waals surface area contributed by atoms with Crippen molar-refractivity contribution in [1.29, 1.82) is 0 Å². The zero-order valence-corrected chi connectivity index (χ0v) is 76.7. The molecule has 28 aliphatic rings. The van der Waals surface area contributed by atoms with E-state index in [-0.39, 0.29) is 128 Å². The first-order valence-corrected chi connectivity index (χ1v) is 50.0. The molecule has 16 atom stereocenters. The van der Waals surface area contributed by atoms with Crippen LogP contribution in [0.4, 0.5) is 61.5 Å². The Labute approximate surface area is 767 Å². The first kappa shape index (κ1) is 97.0. The Bertz CT molecular complexity index is 4520. The number of hydrogen-bond acceptors (Lipinski definition) is 24. The first-order chi connectivity index (χ1) is 62.4. The van der Waals surface area contributed by atoms with E-state index in [0.29, 0.717) is 146 Å². The summed E-state index contributed by atoms with van der Waals surface area (Å²) in [6.07, 6.45) is 22.4. The lowest BCUT2D eigenvalue weighted by Crippen LogP contribution is -2.69. The Kier molecular flexibility index (Phi) is 24.2. The Morgan fingerprint density at radius 3 is 1.14 bits per heavy atom. The van der Waals surface area contributed by atoms with E-state index in [9.17, 15) is 113 Å². The van der Waals surface area contributed by atoms with Crippen LogP contribution >= 0.6 is 0 Å². The van der Waals surface area contributed by atoms with Crippen LogP contribution < -0.4 is 0 Å². The predicted octanol–water partition coefficient (Wildman–Crippen LogP) is 15.9. The molecule has 750 valence electrons. The fourth-order valence-electron chi connectivity index (χ4n) is 32.2. The summed E-state index contributed by atoms with van der Waals surface area (Å²) in [5.74, 6) is -29.8. The molecular weight excluding hydrogens is 1820 g/mol. The second-order valence-electron chi connectivity index (χ2n) is 47.1. The smallest absolute Gasteiger partial charge is 0.377 e. The zero-order chi connectivity index (χ0) is 95.8. The number of carbonyl (C=O) groups is 9. The summed E-state index contributed by atoms with van der Waals surface area (Å²) < 4.78 is 280. The minimum Gasteiger partial charge on any atom is -0.464 e. The van der Waals surface area contributed by atoms with Gasteiger partial charge in [-0.3, -0.25) is 42.5 Å². The van der Waals surface area contributed by atoms with E-state index in [1.54, 1.807) is 0 Å². The van der Waals surface area contributed by atoms with Gasteiger partial charge in [-0.1, -0.05) is 0 Å². The SMILES string of the molecule is CC(F)(F)C(=O)OC12CC3CC(C1)C1(OCC(COC(=O)C45CC6CC(CC(C6)C4)C5)(COC(=O)C45CC6CC(CC(C6)C4)C5)CO1)C(C3)C2.CC(F)(F)COC(=O)C12CC3CC(C1)C(=O)C(C3)C2.CC(F)(F)COC(=O)C12CC3CC(C1)C1(OCC(F)(F)C(F)(F)CO1)C(C3)C2.CC(F)(F)COC(=O)C1C2CC3C(=O)OC1C3C2.CC(F)(F)COC(=O)C1C2CC3C1OS(=O)(=O)C3C2. The highest BCUT2D eigenvalue weighted by atomic mass is 32.2. The standard InChI is InChI=1S/C40H54F2O8.C18H22F6O4.C14H18F2O3.C12H14F2O4.C11H14F2O5S/c1-35(41,42)32(43)50-39-16-29-8-30(17-39)40(31(9-29)18-39)48-21-36(22-49-40,19-46-33(44)37-10-23-2-24(11-37)4-25(3-23)12-37)20-47-34(45)38-13-26-5-27(14-38)7-28(6-26)15-38;1-14(19,20)7-26-13(25)15-4-10-2-11(5-15)18(12(3-10)6-15)27-8-16(21,22)17(23,24)9-28-18;1-13(15,16)7-19-12(18)14-4-8-2-9(5-14)11(17)10(3-8)6-14;1-12(13,14)4-17-11(16)8-5-2-6-7(3-5)10(15)18-9(6)8;1-11(12,13)4-17-10(14)8-5-2-6-7(3-5)19(15,16)18-9(6)8/h23-31H,2-22H2,1H3;10-12H,2-9H2,1H3;8-10H,2-7H2,1H3;5-9H,2-4H2,1H3;5-9H,2-4H2,1H3. The Hall–Kier alpha value is -5.80. The molecule has 0 aromatic heterocycles. The van der Waals surface area contributed by atoms with E-state index in [2.05, 4.69) is 9.47 Å². The van der Waals surface area contributed by atoms with Crippen molar-refractivity contribution >= 4 is 63.7 Å². The molecule has 0 aromatic rings. The number of esters is 8. The second kappa shape index (κ2) is 33.4. The summed E-state index contributed by atoms with van der Waals surface area (Å²) in [4.78, 5) is 112. The summed E-state index contributed by atoms with van der Waals surface area (Å²) in [7, 11) is -3.60. The van der Waals surface area contributed by atoms with Crippen molar-refractivity contribution in [3.8, 4) is 0 Å². The Balaban J connectivity index is 0.000000116. The third-order valence-electron chi connectivity index (χ3n) is 36.2. The second-order valence-corrected chi connectivity index (χ2v) is 48.9. The molecule has 0 amide bonds. The molecule has 4 aliphatic heterocycles. The Morgan fingerprint density at radius 2 is 0.724 bits per heavy atom. The van der Waals surface area contributed by atoms with E-state index < -0.39 is 206 Å². The van der Waals surface area contributed by atoms with Crippen LogP contribution in [0.3, 0.4) is 0 Å². The molecule has 28 rings (SSSR count). The molecule has 0 N–H and O–H groups in total. The average Bonchev–Trinajstić information content (AvgIpc) is 1.40. The van der Waals surface area contributed by atoms with Crippen LogP contribution in [0.2, 0.25) is 0 Å². The van der Waals surface area contributed by atoms with E-state index >= 15 is 0 Å². The third kappa shape index (κ3) is 17.9. The topological polar surface area (TPSA) is 308 Å². The van der Waals surface area contributed by atoms with Gasteiger partial charge in [-0.15, -0.1) is 0 Å². The minimum absolute atomic E-state index is 0.0408. The Morgan fingerprint density at radius 1 is 0.381 bits per heavy atom. The maximum Gasteiger partial charge on any atom is 0.377 e. The molecule has 4 saturated heterocycles. The maximum atomic E-state index is 14.0. The lowest BCUT2D eigenvalue weighted by molar-refractivity contribution is -0.397. The highest BCUT2D eigenvalue weighted by Crippen LogP contribution is 2.70. The van der Waals surface area contributed by atoms with Crippen LogP contribution in [0.15, 0.2) is 0 Å². The number of alkyl halides is 14. The van der Waals surface area contributed by atoms with E-state index in [0.717, 1.165) is 77.6 Å². The highest BCUT2D eigenvalue weighted by Gasteiger charge is 2.74. The molecule has 24 aliphatic carbocycles. The molecular formula is C95H122F14O24S. The molecule has 16 unspecified atom stereocenters. The summed E-state index contributed by atoms with van der Waals surface area (Å²) in [5.41, 5.74) is -4.23. The molecule has 4 heterocycles. The number of carbonyl (C=O) groups excluding carboxylic acids is 9. The van der Waals surface area contributed by atoms with Crippen molar-refractivity contribution in [3.05, 3.63) is 0 Å². The molecule has 24 nitrogen and oxygen atoms in total. The molecule has 134 heavy (non-hydrogen) atoms. The van der Waals surface area contributed by atoms with Gasteiger partial charge in [0.15, 0.2) is 38.0 Å². The van der Waals surface area contributed by atoms with Crippen molar-refractivity contribution in [2.24, 2.45) is 157 Å². The van der Waals surface area contributed by atoms with Gasteiger partial charge in [-0.2, -0.15) is 34.8 Å². The quantitative estimate of drug-likeness (QED) is 0.0473. The predicted molar refractivity (Wildman–Crippen MR) is 431 cm³/mol. The molecule has 24 bridgehead atoms. The van der Waals surface area contributed by atoms with E-state index in [1.165, 1.54) is 38.5 Å². The van der Waals surface area contributed by atoms with Gasteiger partial charge in [0.05, 0.1) is 69.4 Å². The monoisotopic (exact) mass is 1940 g/mol. The molecule has 24 saturated carbocycles. The molecule has 28 fully saturated rings. The molecule has 0 radical (unpaired) electrons. The van der Waals surface area contributed by atoms with Gasteiger partial charge in [-0.05, 0) is 264 Å². The van der Waals surface area contributed by atoms with Crippen molar-refractivity contribution in [3.63, 3.8) is 0 Å². The lowest BCUT2D eigenvalue weighted by Gasteiger charge is -2.65. The molecule has 39 heteroatoms. The van der Waals surface area contributed by atoms with Gasteiger partial charge in [0.2, 0.25) is 0 Å². The van der Waals surface area contributed by atoms with Crippen LogP contribution in [-0.4, -0.2) is 204 Å². The summed E-state index contributed by atoms with van der Waals surface area (Å²) in [6, 6.07) is 0. The average molecular weight is 1950 g/mol. The van der Waals surface area contributed by atoms with Crippen LogP contribution in [0, 0.1) is 157 Å². The summed E-state index contributed by atoms with van der Waals surface area (Å²) in [5, 5.41) is -0.529. The van der Waals surface area contributed by atoms with Crippen molar-refractivity contribution in [1.82, 2.24) is 0 Å². The third-order valence-corrected chi connectivity index (χ3v) is 37.9. The van der Waals surface area contributed by atoms with Crippen LogP contribution in [-0.2, 0) is 114 Å². The summed E-state index contributed by atoms with van der Waals surface area (Å²) >= 11 is 0. The molecule has 2 spiro atoms. The lowest BCUT2D eigenvalue weighted by atomic mass is 9.47. The minimum atomic E-state index is -4.35. The van der Waals surface area contributed by atoms with Crippen molar-refractivity contribution < 1.29 is 174 Å². The van der Waals surface area contributed by atoms with Crippen molar-refractivity contribution in [2.75, 3.05) is 66.1 Å². The fraction of sp³-hybridized carbons (Fsp3) is 0.905. The maximum absolute atomic E-state index is 14.0. The van der Waals surface area contributed by atoms with Gasteiger partial charge in [0.1, 0.15) is 43.9 Å². The molecule has 0 aromatic carbocycles. The number of ether oxygens (including phenoxy) is 12. The largest absolute Gasteiger partial charge is 0.464 e. The first-order valence-electron chi connectivity index (χ1n) is 48.5. The van der Waals surface area contributed by atoms with Crippen LogP contribution in [0.1, 0.15) is 234 Å². The highest BCUT2D eigenvalue weighted by molar-refractivity contribution is 7.87. The van der Waals surface area contributed by atoms with Gasteiger partial charge in [-0.25, -0.2) is 39.9 Å². The number of fused-ring (bicyclic) bond motifs is 2. The van der Waals surface area contributed by atoms with Crippen molar-refractivity contribution in [2.45, 2.75) is 310 Å². The van der Waals surface area contributed by atoms with Gasteiger partial charge in [0, 0.05) is 82.0 Å². The van der Waals surface area contributed by atoms with Crippen LogP contribution in [0.5, 0.6) is 0 Å². The van der Waals surface area contributed by atoms with E-state index in [4.69, 9.17) is 51.6 Å². The normalized spacial score (nSPS) is 45.1. The number of halogens is 14. The number of hydrogen-bond donors (Lipinski definition) is 0. The van der Waals surface area contributed by atoms with Gasteiger partial charge >= 0.3 is 65.5 Å². The number of Topliss-reactive ketones (excluding diaryl/α,β-unsaturated/α-hetero) is 1. The van der Waals surface area contributed by atoms with Crippen LogP contribution in [0.25, 0.3) is 0 Å². The van der Waals surface area contributed by atoms with Gasteiger partial charge in [0.25, 0.3) is 33.8 Å². The zero-order valence-electron chi connectivity index (χ0n) is 75.9.